The van der Waals surface area contributed by atoms with E-state index in [-0.39, 0.29) is 0 Å². The lowest BCUT2D eigenvalue weighted by molar-refractivity contribution is 0.0480. The molecule has 108 valence electrons. The van der Waals surface area contributed by atoms with Gasteiger partial charge in [0, 0.05) is 12.0 Å². The Labute approximate surface area is 114 Å². The fourth-order valence-electron chi connectivity index (χ4n) is 3.56. The summed E-state index contributed by atoms with van der Waals surface area (Å²) in [4.78, 5) is 0. The molecule has 0 amide bonds. The Kier molecular flexibility index (Phi) is 6.65. The average Bonchev–Trinajstić information content (AvgIpc) is 2.58. The van der Waals surface area contributed by atoms with E-state index in [0.717, 1.165) is 5.92 Å². The summed E-state index contributed by atoms with van der Waals surface area (Å²) in [6, 6.07) is 0.307. The van der Waals surface area contributed by atoms with Crippen molar-refractivity contribution < 1.29 is 4.74 Å². The van der Waals surface area contributed by atoms with E-state index < -0.39 is 0 Å². The maximum Gasteiger partial charge on any atom is 0.0597 e. The zero-order chi connectivity index (χ0) is 13.7. The van der Waals surface area contributed by atoms with E-state index in [1.807, 2.05) is 0 Å². The molecule has 6 atom stereocenters. The van der Waals surface area contributed by atoms with Gasteiger partial charge in [-0.25, -0.2) is 0 Å². The summed E-state index contributed by atoms with van der Waals surface area (Å²) in [5, 5.41) is 0. The van der Waals surface area contributed by atoms with Crippen molar-refractivity contribution in [2.24, 2.45) is 23.5 Å². The number of hydrogen-bond acceptors (Lipinski definition) is 2. The van der Waals surface area contributed by atoms with E-state index in [9.17, 15) is 0 Å². The Balaban J connectivity index is 2.50. The fraction of sp³-hybridized carbons (Fsp3) is 1.00. The molecule has 2 nitrogen and oxygen atoms in total. The van der Waals surface area contributed by atoms with E-state index in [1.54, 1.807) is 0 Å². The molecule has 0 aromatic heterocycles. The second kappa shape index (κ2) is 7.49. The van der Waals surface area contributed by atoms with Gasteiger partial charge in [-0.2, -0.15) is 0 Å². The van der Waals surface area contributed by atoms with Gasteiger partial charge in [0.25, 0.3) is 0 Å². The summed E-state index contributed by atoms with van der Waals surface area (Å²) in [6.07, 6.45) is 7.11. The second-order valence-corrected chi connectivity index (χ2v) is 6.30. The monoisotopic (exact) mass is 255 g/mol. The zero-order valence-electron chi connectivity index (χ0n) is 13.0. The first-order chi connectivity index (χ1) is 8.51. The molecule has 0 radical (unpaired) electrons. The SMILES string of the molecule is CCCCC(CC)CC(N)C1C(C)OC(C)C1C. The third-order valence-electron chi connectivity index (χ3n) is 4.96. The highest BCUT2D eigenvalue weighted by molar-refractivity contribution is 4.91. The second-order valence-electron chi connectivity index (χ2n) is 6.30. The van der Waals surface area contributed by atoms with Crippen molar-refractivity contribution in [1.82, 2.24) is 0 Å². The van der Waals surface area contributed by atoms with Crippen LogP contribution >= 0.6 is 0 Å². The number of ether oxygens (including phenoxy) is 1. The van der Waals surface area contributed by atoms with Crippen molar-refractivity contribution in [1.29, 1.82) is 0 Å². The van der Waals surface area contributed by atoms with Gasteiger partial charge in [0.1, 0.15) is 0 Å². The molecule has 6 unspecified atom stereocenters. The molecule has 0 bridgehead atoms. The Bertz CT molecular complexity index is 231. The predicted molar refractivity (Wildman–Crippen MR) is 78.6 cm³/mol. The van der Waals surface area contributed by atoms with Crippen LogP contribution in [0.4, 0.5) is 0 Å². The zero-order valence-corrected chi connectivity index (χ0v) is 13.0. The molecule has 0 spiro atoms. The van der Waals surface area contributed by atoms with Crippen LogP contribution in [0, 0.1) is 17.8 Å². The van der Waals surface area contributed by atoms with Crippen molar-refractivity contribution in [3.8, 4) is 0 Å². The van der Waals surface area contributed by atoms with Crippen molar-refractivity contribution in [3.63, 3.8) is 0 Å². The van der Waals surface area contributed by atoms with Gasteiger partial charge in [-0.15, -0.1) is 0 Å². The maximum absolute atomic E-state index is 6.49. The Hall–Kier alpha value is -0.0800. The highest BCUT2D eigenvalue weighted by Gasteiger charge is 2.40. The first kappa shape index (κ1) is 16.0. The molecule has 1 heterocycles. The Morgan fingerprint density at radius 3 is 2.22 bits per heavy atom. The third-order valence-corrected chi connectivity index (χ3v) is 4.96. The minimum absolute atomic E-state index is 0.307. The quantitative estimate of drug-likeness (QED) is 0.747. The van der Waals surface area contributed by atoms with Crippen LogP contribution in [0.3, 0.4) is 0 Å². The first-order valence-electron chi connectivity index (χ1n) is 7.92. The standard InChI is InChI=1S/C16H33NO/c1-6-8-9-14(7-2)10-15(17)16-11(3)12(4)18-13(16)5/h11-16H,6-10,17H2,1-5H3. The van der Waals surface area contributed by atoms with Crippen LogP contribution in [-0.4, -0.2) is 18.2 Å². The van der Waals surface area contributed by atoms with Gasteiger partial charge in [-0.1, -0.05) is 46.5 Å². The summed E-state index contributed by atoms with van der Waals surface area (Å²) in [7, 11) is 0. The van der Waals surface area contributed by atoms with Crippen LogP contribution in [0.2, 0.25) is 0 Å². The van der Waals surface area contributed by atoms with Crippen LogP contribution in [0.1, 0.15) is 66.7 Å². The van der Waals surface area contributed by atoms with Gasteiger partial charge in [0.2, 0.25) is 0 Å². The lowest BCUT2D eigenvalue weighted by Crippen LogP contribution is -2.39. The van der Waals surface area contributed by atoms with Crippen molar-refractivity contribution in [2.45, 2.75) is 85.0 Å². The van der Waals surface area contributed by atoms with Crippen molar-refractivity contribution in [3.05, 3.63) is 0 Å². The molecule has 0 saturated carbocycles. The van der Waals surface area contributed by atoms with Gasteiger partial charge in [-0.3, -0.25) is 0 Å². The van der Waals surface area contributed by atoms with Crippen LogP contribution in [0.5, 0.6) is 0 Å². The van der Waals surface area contributed by atoms with Gasteiger partial charge in [0.05, 0.1) is 12.2 Å². The highest BCUT2D eigenvalue weighted by atomic mass is 16.5. The molecule has 1 aliphatic heterocycles. The highest BCUT2D eigenvalue weighted by Crippen LogP contribution is 2.36. The lowest BCUT2D eigenvalue weighted by atomic mass is 9.79. The van der Waals surface area contributed by atoms with Crippen LogP contribution in [0.15, 0.2) is 0 Å². The molecule has 1 saturated heterocycles. The maximum atomic E-state index is 6.49. The molecule has 18 heavy (non-hydrogen) atoms. The summed E-state index contributed by atoms with van der Waals surface area (Å²) < 4.78 is 5.92. The molecule has 1 fully saturated rings. The normalized spacial score (nSPS) is 35.7. The van der Waals surface area contributed by atoms with Crippen LogP contribution in [-0.2, 0) is 4.74 Å². The molecular formula is C16H33NO. The third kappa shape index (κ3) is 3.96. The molecule has 0 aromatic carbocycles. The van der Waals surface area contributed by atoms with Crippen LogP contribution < -0.4 is 5.73 Å². The molecular weight excluding hydrogens is 222 g/mol. The van der Waals surface area contributed by atoms with E-state index in [1.165, 1.54) is 32.1 Å². The van der Waals surface area contributed by atoms with Crippen LogP contribution in [0.25, 0.3) is 0 Å². The Morgan fingerprint density at radius 2 is 1.78 bits per heavy atom. The largest absolute Gasteiger partial charge is 0.375 e. The van der Waals surface area contributed by atoms with E-state index in [4.69, 9.17) is 10.5 Å². The summed E-state index contributed by atoms with van der Waals surface area (Å²) in [5.41, 5.74) is 6.49. The van der Waals surface area contributed by atoms with Gasteiger partial charge in [0.15, 0.2) is 0 Å². The molecule has 0 aromatic rings. The minimum atomic E-state index is 0.307. The number of nitrogens with two attached hydrogens (primary N) is 1. The van der Waals surface area contributed by atoms with Gasteiger partial charge in [-0.05, 0) is 32.1 Å². The number of unbranched alkanes of at least 4 members (excludes halogenated alkanes) is 1. The van der Waals surface area contributed by atoms with Crippen molar-refractivity contribution >= 4 is 0 Å². The smallest absolute Gasteiger partial charge is 0.0597 e. The Morgan fingerprint density at radius 1 is 1.11 bits per heavy atom. The summed E-state index contributed by atoms with van der Waals surface area (Å²) in [5.74, 6) is 1.93. The average molecular weight is 255 g/mol. The lowest BCUT2D eigenvalue weighted by Gasteiger charge is -2.28. The minimum Gasteiger partial charge on any atom is -0.375 e. The molecule has 1 aliphatic rings. The topological polar surface area (TPSA) is 35.2 Å². The first-order valence-corrected chi connectivity index (χ1v) is 7.92. The predicted octanol–water partition coefficient (Wildman–Crippen LogP) is 3.98. The van der Waals surface area contributed by atoms with E-state index in [2.05, 4.69) is 34.6 Å². The van der Waals surface area contributed by atoms with Crippen molar-refractivity contribution in [2.75, 3.05) is 0 Å². The van der Waals surface area contributed by atoms with Gasteiger partial charge >= 0.3 is 0 Å². The number of rotatable bonds is 7. The van der Waals surface area contributed by atoms with E-state index >= 15 is 0 Å². The molecule has 1 rings (SSSR count). The molecule has 0 aliphatic carbocycles. The van der Waals surface area contributed by atoms with Gasteiger partial charge < -0.3 is 10.5 Å². The molecule has 2 heteroatoms. The summed E-state index contributed by atoms with van der Waals surface area (Å²) >= 11 is 0. The fourth-order valence-corrected chi connectivity index (χ4v) is 3.56. The number of hydrogen-bond donors (Lipinski definition) is 1. The van der Waals surface area contributed by atoms with E-state index in [0.29, 0.717) is 30.1 Å². The molecule has 2 N–H and O–H groups in total. The summed E-state index contributed by atoms with van der Waals surface area (Å²) in [6.45, 7) is 11.2.